The van der Waals surface area contributed by atoms with E-state index < -0.39 is 36.4 Å². The number of carbonyl (C=O) groups is 3. The topological polar surface area (TPSA) is 212 Å². The predicted octanol–water partition coefficient (Wildman–Crippen LogP) is 0.508. The minimum Gasteiger partial charge on any atom is -0.481 e. The molecular weight excluding hydrogens is 450 g/mol. The van der Waals surface area contributed by atoms with Crippen molar-refractivity contribution in [3.63, 3.8) is 0 Å². The van der Waals surface area contributed by atoms with Crippen molar-refractivity contribution in [1.82, 2.24) is 15.3 Å². The van der Waals surface area contributed by atoms with E-state index in [4.69, 9.17) is 30.6 Å². The van der Waals surface area contributed by atoms with Crippen LogP contribution in [0.5, 0.6) is 0 Å². The third kappa shape index (κ3) is 5.32. The summed E-state index contributed by atoms with van der Waals surface area (Å²) in [5, 5.41) is 38.1. The van der Waals surface area contributed by atoms with E-state index in [1.165, 1.54) is 0 Å². The second-order valence-corrected chi connectivity index (χ2v) is 7.88. The fourth-order valence-corrected chi connectivity index (χ4v) is 3.71. The molecule has 1 saturated heterocycles. The van der Waals surface area contributed by atoms with E-state index >= 15 is 0 Å². The van der Waals surface area contributed by atoms with Crippen LogP contribution in [0.4, 0.5) is 11.8 Å². The molecule has 13 nitrogen and oxygen atoms in total. The van der Waals surface area contributed by atoms with Crippen molar-refractivity contribution in [1.29, 1.82) is 0 Å². The fourth-order valence-electron chi connectivity index (χ4n) is 3.71. The summed E-state index contributed by atoms with van der Waals surface area (Å²) < 4.78 is 5.98. The summed E-state index contributed by atoms with van der Waals surface area (Å²) in [5.74, 6) is -3.93. The molecule has 0 aliphatic carbocycles. The van der Waals surface area contributed by atoms with Gasteiger partial charge in [-0.1, -0.05) is 12.1 Å². The number of nitrogens with zero attached hydrogens (tertiary/aromatic N) is 3. The molecule has 1 fully saturated rings. The molecule has 1 aliphatic rings. The Morgan fingerprint density at radius 1 is 1.18 bits per heavy atom. The number of aromatic nitrogens is 2. The van der Waals surface area contributed by atoms with Crippen molar-refractivity contribution < 1.29 is 39.2 Å². The van der Waals surface area contributed by atoms with Crippen LogP contribution in [0.25, 0.3) is 22.1 Å². The van der Waals surface area contributed by atoms with Gasteiger partial charge >= 0.3 is 17.9 Å². The number of aliphatic hydroxyl groups is 1. The Bertz CT molecular complexity index is 1210. The van der Waals surface area contributed by atoms with Gasteiger partial charge in [0.05, 0.1) is 12.8 Å². The molecular formula is C21H25N5O8. The number of likely N-dealkylation sites (N-methyl/N-ethyl adjacent to an activating group) is 1. The molecule has 1 aliphatic heterocycles. The fraction of sp³-hybridized carbons (Fsp3) is 0.381. The van der Waals surface area contributed by atoms with Gasteiger partial charge in [-0.05, 0) is 25.6 Å². The van der Waals surface area contributed by atoms with Crippen LogP contribution in [0.3, 0.4) is 0 Å². The number of hydrogen-bond acceptors (Lipinski definition) is 10. The maximum absolute atomic E-state index is 10.3. The largest absolute Gasteiger partial charge is 0.481 e. The van der Waals surface area contributed by atoms with E-state index in [-0.39, 0.29) is 5.95 Å². The Kier molecular flexibility index (Phi) is 7.17. The Balaban J connectivity index is 0.000000218. The number of carboxylic acid groups (broad SMARTS) is 3. The highest BCUT2D eigenvalue weighted by molar-refractivity contribution is 6.06. The molecule has 0 amide bonds. The predicted molar refractivity (Wildman–Crippen MR) is 120 cm³/mol. The van der Waals surface area contributed by atoms with Crippen molar-refractivity contribution in [3.05, 3.63) is 24.3 Å². The van der Waals surface area contributed by atoms with E-state index in [0.29, 0.717) is 6.04 Å². The number of rotatable bonds is 7. The number of anilines is 2. The lowest BCUT2D eigenvalue weighted by Gasteiger charge is -2.18. The van der Waals surface area contributed by atoms with Gasteiger partial charge in [0.25, 0.3) is 0 Å². The van der Waals surface area contributed by atoms with Gasteiger partial charge in [-0.15, -0.1) is 0 Å². The van der Waals surface area contributed by atoms with E-state index in [2.05, 4.69) is 20.2 Å². The van der Waals surface area contributed by atoms with Crippen LogP contribution < -0.4 is 16.0 Å². The number of fused-ring (bicyclic) bond motifs is 3. The standard InChI is InChI=1S/C15H17N5O.C6H8O7/c1-17-9-6-7-20(8-9)14-13-12(18-15(16)19-14)10-4-2-3-5-11(10)21-13;7-3(8)1-6(13,5(11)12)2-4(9)10/h2-5,9,17H,6-8H2,1H3,(H2,16,18,19);13H,1-2H2,(H,7,8)(H,9,10)(H,11,12)/t9-;/m1./s1. The number of nitrogen functional groups attached to an aromatic ring is 1. The van der Waals surface area contributed by atoms with Crippen LogP contribution >= 0.6 is 0 Å². The summed E-state index contributed by atoms with van der Waals surface area (Å²) in [7, 11) is 1.99. The number of hydrogen-bond donors (Lipinski definition) is 6. The number of benzene rings is 1. The first kappa shape index (κ1) is 24.7. The molecule has 1 atom stereocenters. The maximum atomic E-state index is 10.3. The molecule has 34 heavy (non-hydrogen) atoms. The van der Waals surface area contributed by atoms with Crippen molar-refractivity contribution in [2.75, 3.05) is 30.8 Å². The molecule has 3 aromatic rings. The first-order valence-electron chi connectivity index (χ1n) is 10.3. The van der Waals surface area contributed by atoms with Crippen LogP contribution in [-0.4, -0.2) is 80.1 Å². The van der Waals surface area contributed by atoms with Crippen LogP contribution in [0.15, 0.2) is 28.7 Å². The average Bonchev–Trinajstić information content (AvgIpc) is 3.37. The van der Waals surface area contributed by atoms with Gasteiger partial charge in [-0.25, -0.2) is 9.78 Å². The Morgan fingerprint density at radius 2 is 1.82 bits per heavy atom. The van der Waals surface area contributed by atoms with Crippen molar-refractivity contribution >= 4 is 51.7 Å². The van der Waals surface area contributed by atoms with Crippen molar-refractivity contribution in [2.24, 2.45) is 0 Å². The van der Waals surface area contributed by atoms with Gasteiger partial charge in [0.2, 0.25) is 5.95 Å². The minimum absolute atomic E-state index is 0.289. The third-order valence-electron chi connectivity index (χ3n) is 5.40. The number of aliphatic carboxylic acids is 3. The van der Waals surface area contributed by atoms with Gasteiger partial charge in [0, 0.05) is 24.5 Å². The summed E-state index contributed by atoms with van der Waals surface area (Å²) in [6.07, 6.45) is -1.20. The van der Waals surface area contributed by atoms with Crippen molar-refractivity contribution in [3.8, 4) is 0 Å². The smallest absolute Gasteiger partial charge is 0.336 e. The summed E-state index contributed by atoms with van der Waals surface area (Å²) >= 11 is 0. The van der Waals surface area contributed by atoms with Gasteiger partial charge < -0.3 is 40.8 Å². The number of furan rings is 1. The minimum atomic E-state index is -2.74. The third-order valence-corrected chi connectivity index (χ3v) is 5.40. The highest BCUT2D eigenvalue weighted by atomic mass is 16.4. The molecule has 0 saturated carbocycles. The number of para-hydroxylation sites is 1. The Morgan fingerprint density at radius 3 is 2.38 bits per heavy atom. The molecule has 2 aromatic heterocycles. The molecule has 0 bridgehead atoms. The monoisotopic (exact) mass is 475 g/mol. The second kappa shape index (κ2) is 9.89. The van der Waals surface area contributed by atoms with E-state index in [1.54, 1.807) is 0 Å². The summed E-state index contributed by atoms with van der Waals surface area (Å²) in [5.41, 5.74) is 5.50. The normalized spacial score (nSPS) is 15.8. The Hall–Kier alpha value is -3.97. The zero-order valence-electron chi connectivity index (χ0n) is 18.3. The first-order chi connectivity index (χ1) is 16.0. The molecule has 1 aromatic carbocycles. The van der Waals surface area contributed by atoms with E-state index in [0.717, 1.165) is 47.4 Å². The average molecular weight is 475 g/mol. The molecule has 182 valence electrons. The second-order valence-electron chi connectivity index (χ2n) is 7.88. The van der Waals surface area contributed by atoms with Crippen LogP contribution in [-0.2, 0) is 14.4 Å². The highest BCUT2D eigenvalue weighted by Gasteiger charge is 2.40. The van der Waals surface area contributed by atoms with Gasteiger partial charge in [-0.2, -0.15) is 4.98 Å². The number of nitrogens with two attached hydrogens (primary N) is 1. The van der Waals surface area contributed by atoms with Crippen LogP contribution in [0, 0.1) is 0 Å². The zero-order chi connectivity index (χ0) is 25.0. The van der Waals surface area contributed by atoms with E-state index in [9.17, 15) is 14.4 Å². The molecule has 7 N–H and O–H groups in total. The quantitative estimate of drug-likeness (QED) is 0.275. The van der Waals surface area contributed by atoms with Crippen LogP contribution in [0.2, 0.25) is 0 Å². The lowest BCUT2D eigenvalue weighted by molar-refractivity contribution is -0.170. The molecule has 13 heteroatoms. The summed E-state index contributed by atoms with van der Waals surface area (Å²) in [6.45, 7) is 1.84. The zero-order valence-corrected chi connectivity index (χ0v) is 18.3. The molecule has 0 spiro atoms. The van der Waals surface area contributed by atoms with Crippen LogP contribution in [0.1, 0.15) is 19.3 Å². The first-order valence-corrected chi connectivity index (χ1v) is 10.3. The SMILES string of the molecule is CN[C@@H]1CCN(c2nc(N)nc3c2oc2ccccc23)C1.O=C(O)CC(O)(CC(=O)O)C(=O)O. The molecule has 0 unspecified atom stereocenters. The number of nitrogens with one attached hydrogen (secondary N) is 1. The molecule has 3 heterocycles. The summed E-state index contributed by atoms with van der Waals surface area (Å²) in [4.78, 5) is 41.5. The highest BCUT2D eigenvalue weighted by Crippen LogP contribution is 2.34. The van der Waals surface area contributed by atoms with Gasteiger partial charge in [0.15, 0.2) is 17.0 Å². The number of carboxylic acids is 3. The van der Waals surface area contributed by atoms with Gasteiger partial charge in [-0.3, -0.25) is 9.59 Å². The molecule has 0 radical (unpaired) electrons. The molecule has 4 rings (SSSR count). The maximum Gasteiger partial charge on any atom is 0.336 e. The van der Waals surface area contributed by atoms with Crippen molar-refractivity contribution in [2.45, 2.75) is 30.9 Å². The van der Waals surface area contributed by atoms with E-state index in [1.807, 2.05) is 31.3 Å². The van der Waals surface area contributed by atoms with Gasteiger partial charge in [0.1, 0.15) is 11.1 Å². The summed E-state index contributed by atoms with van der Waals surface area (Å²) in [6, 6.07) is 8.34. The Labute approximate surface area is 192 Å². The lowest BCUT2D eigenvalue weighted by Crippen LogP contribution is -2.42. The lowest BCUT2D eigenvalue weighted by atomic mass is 9.96.